The van der Waals surface area contributed by atoms with Gasteiger partial charge >= 0.3 is 0 Å². The van der Waals surface area contributed by atoms with Gasteiger partial charge in [-0.05, 0) is 31.4 Å². The van der Waals surface area contributed by atoms with E-state index in [0.717, 1.165) is 11.1 Å². The second kappa shape index (κ2) is 5.90. The highest BCUT2D eigenvalue weighted by molar-refractivity contribution is 5.37. The highest BCUT2D eigenvalue weighted by Crippen LogP contribution is 2.29. The number of halogens is 1. The smallest absolute Gasteiger partial charge is 0.114 e. The van der Waals surface area contributed by atoms with Crippen LogP contribution < -0.4 is 0 Å². The third-order valence-corrected chi connectivity index (χ3v) is 4.03. The van der Waals surface area contributed by atoms with Crippen molar-refractivity contribution in [2.45, 2.75) is 44.4 Å². The summed E-state index contributed by atoms with van der Waals surface area (Å²) in [6.45, 7) is 4.68. The van der Waals surface area contributed by atoms with Crippen LogP contribution in [0.1, 0.15) is 31.4 Å². The Kier molecular flexibility index (Phi) is 4.42. The molecule has 2 atom stereocenters. The van der Waals surface area contributed by atoms with Crippen molar-refractivity contribution < 1.29 is 9.50 Å². The molecule has 1 aliphatic heterocycles. The normalized spacial score (nSPS) is 23.8. The van der Waals surface area contributed by atoms with Gasteiger partial charge in [-0.1, -0.05) is 24.3 Å². The van der Waals surface area contributed by atoms with Gasteiger partial charge in [0, 0.05) is 19.1 Å². The fourth-order valence-corrected chi connectivity index (χ4v) is 2.85. The molecule has 1 aromatic carbocycles. The average Bonchev–Trinajstić information content (AvgIpc) is 2.79. The van der Waals surface area contributed by atoms with Gasteiger partial charge in [-0.15, -0.1) is 0 Å². The molecule has 0 bridgehead atoms. The van der Waals surface area contributed by atoms with Gasteiger partial charge in [-0.3, -0.25) is 4.90 Å². The van der Waals surface area contributed by atoms with Crippen molar-refractivity contribution >= 4 is 0 Å². The standard InChI is InChI=1S/C16H21FN2O/c1-16(2,11-18)15-6-4-3-5-12(15)8-19-9-13(17)7-14(19)10-20/h3-6,13-14,20H,7-10H2,1-2H3/t13-,14-/m0/s1. The number of rotatable bonds is 4. The largest absolute Gasteiger partial charge is 0.395 e. The lowest BCUT2D eigenvalue weighted by Crippen LogP contribution is -2.33. The van der Waals surface area contributed by atoms with Gasteiger partial charge in [0.25, 0.3) is 0 Å². The van der Waals surface area contributed by atoms with E-state index in [1.165, 1.54) is 0 Å². The molecule has 0 aliphatic carbocycles. The first-order valence-corrected chi connectivity index (χ1v) is 6.96. The first-order chi connectivity index (χ1) is 9.47. The second-order valence-corrected chi connectivity index (χ2v) is 5.99. The van der Waals surface area contributed by atoms with Gasteiger partial charge in [0.15, 0.2) is 0 Å². The average molecular weight is 276 g/mol. The van der Waals surface area contributed by atoms with Crippen LogP contribution in [-0.4, -0.2) is 35.4 Å². The highest BCUT2D eigenvalue weighted by atomic mass is 19.1. The maximum Gasteiger partial charge on any atom is 0.114 e. The molecule has 1 heterocycles. The van der Waals surface area contributed by atoms with Crippen LogP contribution in [0.4, 0.5) is 4.39 Å². The Balaban J connectivity index is 2.24. The summed E-state index contributed by atoms with van der Waals surface area (Å²) in [4.78, 5) is 1.97. The Morgan fingerprint density at radius 1 is 1.45 bits per heavy atom. The number of alkyl halides is 1. The van der Waals surface area contributed by atoms with Crippen LogP contribution in [-0.2, 0) is 12.0 Å². The van der Waals surface area contributed by atoms with E-state index in [1.54, 1.807) is 0 Å². The molecule has 3 nitrogen and oxygen atoms in total. The third-order valence-electron chi connectivity index (χ3n) is 4.03. The van der Waals surface area contributed by atoms with Gasteiger partial charge in [0.2, 0.25) is 0 Å². The molecule has 1 saturated heterocycles. The number of aliphatic hydroxyl groups excluding tert-OH is 1. The summed E-state index contributed by atoms with van der Waals surface area (Å²) in [6, 6.07) is 9.98. The molecule has 1 N–H and O–H groups in total. The van der Waals surface area contributed by atoms with Gasteiger partial charge in [0.1, 0.15) is 6.17 Å². The van der Waals surface area contributed by atoms with Gasteiger partial charge in [-0.25, -0.2) is 4.39 Å². The van der Waals surface area contributed by atoms with Crippen molar-refractivity contribution in [3.63, 3.8) is 0 Å². The van der Waals surface area contributed by atoms with Crippen LogP contribution in [0.5, 0.6) is 0 Å². The number of nitrogens with zero attached hydrogens (tertiary/aromatic N) is 2. The Hall–Kier alpha value is -1.44. The fraction of sp³-hybridized carbons (Fsp3) is 0.562. The lowest BCUT2D eigenvalue weighted by Gasteiger charge is -2.26. The van der Waals surface area contributed by atoms with Crippen LogP contribution in [0.3, 0.4) is 0 Å². The molecule has 0 unspecified atom stereocenters. The van der Waals surface area contributed by atoms with E-state index < -0.39 is 11.6 Å². The first-order valence-electron chi connectivity index (χ1n) is 6.96. The van der Waals surface area contributed by atoms with E-state index in [1.807, 2.05) is 43.0 Å². The summed E-state index contributed by atoms with van der Waals surface area (Å²) >= 11 is 0. The van der Waals surface area contributed by atoms with Crippen LogP contribution in [0.15, 0.2) is 24.3 Å². The molecule has 108 valence electrons. The Bertz CT molecular complexity index is 509. The maximum atomic E-state index is 13.5. The molecule has 0 aromatic heterocycles. The third kappa shape index (κ3) is 3.00. The zero-order valence-electron chi connectivity index (χ0n) is 12.0. The maximum absolute atomic E-state index is 13.5. The minimum absolute atomic E-state index is 0.0236. The van der Waals surface area contributed by atoms with Crippen LogP contribution >= 0.6 is 0 Å². The molecule has 1 fully saturated rings. The van der Waals surface area contributed by atoms with Crippen molar-refractivity contribution in [3.05, 3.63) is 35.4 Å². The summed E-state index contributed by atoms with van der Waals surface area (Å²) in [5.74, 6) is 0. The molecule has 1 aliphatic rings. The first kappa shape index (κ1) is 15.0. The molecule has 0 radical (unpaired) electrons. The van der Waals surface area contributed by atoms with Crippen LogP contribution in [0.25, 0.3) is 0 Å². The van der Waals surface area contributed by atoms with Gasteiger partial charge < -0.3 is 5.11 Å². The summed E-state index contributed by atoms with van der Waals surface area (Å²) in [5, 5.41) is 18.7. The van der Waals surface area contributed by atoms with Crippen molar-refractivity contribution in [2.75, 3.05) is 13.2 Å². The highest BCUT2D eigenvalue weighted by Gasteiger charge is 2.32. The van der Waals surface area contributed by atoms with E-state index >= 15 is 0 Å². The monoisotopic (exact) mass is 276 g/mol. The van der Waals surface area contributed by atoms with E-state index in [-0.39, 0.29) is 12.6 Å². The molecular formula is C16H21FN2O. The second-order valence-electron chi connectivity index (χ2n) is 5.99. The van der Waals surface area contributed by atoms with E-state index in [0.29, 0.717) is 19.5 Å². The zero-order valence-corrected chi connectivity index (χ0v) is 12.0. The molecule has 0 spiro atoms. The molecule has 4 heteroatoms. The molecule has 0 amide bonds. The summed E-state index contributed by atoms with van der Waals surface area (Å²) in [5.41, 5.74) is 1.44. The number of hydrogen-bond donors (Lipinski definition) is 1. The number of hydrogen-bond acceptors (Lipinski definition) is 3. The molecular weight excluding hydrogens is 255 g/mol. The molecule has 2 rings (SSSR count). The van der Waals surface area contributed by atoms with Gasteiger partial charge in [-0.2, -0.15) is 5.26 Å². The van der Waals surface area contributed by atoms with E-state index in [2.05, 4.69) is 6.07 Å². The van der Waals surface area contributed by atoms with Crippen molar-refractivity contribution in [1.29, 1.82) is 5.26 Å². The number of aliphatic hydroxyl groups is 1. The Morgan fingerprint density at radius 2 is 2.15 bits per heavy atom. The number of benzene rings is 1. The van der Waals surface area contributed by atoms with E-state index in [9.17, 15) is 14.8 Å². The number of nitriles is 1. The number of likely N-dealkylation sites (tertiary alicyclic amines) is 1. The molecule has 20 heavy (non-hydrogen) atoms. The lowest BCUT2D eigenvalue weighted by molar-refractivity contribution is 0.152. The zero-order chi connectivity index (χ0) is 14.8. The summed E-state index contributed by atoms with van der Waals surface area (Å²) in [6.07, 6.45) is -0.483. The topological polar surface area (TPSA) is 47.3 Å². The molecule has 1 aromatic rings. The van der Waals surface area contributed by atoms with Crippen molar-refractivity contribution in [3.8, 4) is 6.07 Å². The minimum Gasteiger partial charge on any atom is -0.395 e. The fourth-order valence-electron chi connectivity index (χ4n) is 2.85. The summed E-state index contributed by atoms with van der Waals surface area (Å²) < 4.78 is 13.5. The van der Waals surface area contributed by atoms with Crippen LogP contribution in [0, 0.1) is 11.3 Å². The molecule has 0 saturated carbocycles. The van der Waals surface area contributed by atoms with E-state index in [4.69, 9.17) is 0 Å². The van der Waals surface area contributed by atoms with Crippen molar-refractivity contribution in [1.82, 2.24) is 4.90 Å². The Labute approximate surface area is 119 Å². The lowest BCUT2D eigenvalue weighted by atomic mass is 9.83. The quantitative estimate of drug-likeness (QED) is 0.918. The van der Waals surface area contributed by atoms with Crippen molar-refractivity contribution in [2.24, 2.45) is 0 Å². The minimum atomic E-state index is -0.872. The Morgan fingerprint density at radius 3 is 2.80 bits per heavy atom. The SMILES string of the molecule is CC(C)(C#N)c1ccccc1CN1C[C@@H](F)C[C@H]1CO. The predicted molar refractivity (Wildman–Crippen MR) is 75.9 cm³/mol. The van der Waals surface area contributed by atoms with Gasteiger partial charge in [0.05, 0.1) is 18.1 Å². The summed E-state index contributed by atoms with van der Waals surface area (Å²) in [7, 11) is 0. The predicted octanol–water partition coefficient (Wildman–Crippen LogP) is 2.39. The van der Waals surface area contributed by atoms with Crippen LogP contribution in [0.2, 0.25) is 0 Å².